The topological polar surface area (TPSA) is 61.9 Å². The maximum Gasteiger partial charge on any atom is 0.318 e. The Kier molecular flexibility index (Phi) is 5.58. The molecule has 130 valence electrons. The van der Waals surface area contributed by atoms with Crippen LogP contribution in [-0.2, 0) is 16.1 Å². The van der Waals surface area contributed by atoms with E-state index in [1.54, 1.807) is 15.9 Å². The average Bonchev–Trinajstić information content (AvgIpc) is 3.09. The average molecular weight is 352 g/mol. The summed E-state index contributed by atoms with van der Waals surface area (Å²) in [5.41, 5.74) is 0.936. The zero-order valence-corrected chi connectivity index (χ0v) is 14.3. The van der Waals surface area contributed by atoms with Gasteiger partial charge in [0.15, 0.2) is 0 Å². The third-order valence-corrected chi connectivity index (χ3v) is 4.69. The van der Waals surface area contributed by atoms with E-state index in [0.717, 1.165) is 18.4 Å². The molecule has 24 heavy (non-hydrogen) atoms. The predicted molar refractivity (Wildman–Crippen MR) is 90.8 cm³/mol. The van der Waals surface area contributed by atoms with Gasteiger partial charge >= 0.3 is 6.03 Å². The molecule has 2 saturated heterocycles. The van der Waals surface area contributed by atoms with E-state index in [2.05, 4.69) is 5.32 Å². The molecule has 2 fully saturated rings. The Morgan fingerprint density at radius 1 is 1.25 bits per heavy atom. The summed E-state index contributed by atoms with van der Waals surface area (Å²) in [7, 11) is 0. The Morgan fingerprint density at radius 3 is 2.79 bits per heavy atom. The van der Waals surface area contributed by atoms with Gasteiger partial charge in [0.2, 0.25) is 5.91 Å². The lowest BCUT2D eigenvalue weighted by atomic mass is 10.2. The molecular weight excluding hydrogens is 330 g/mol. The molecule has 2 heterocycles. The Morgan fingerprint density at radius 2 is 2.04 bits per heavy atom. The molecule has 1 aromatic carbocycles. The highest BCUT2D eigenvalue weighted by Crippen LogP contribution is 2.20. The maximum atomic E-state index is 12.7. The first kappa shape index (κ1) is 17.0. The molecule has 0 bridgehead atoms. The number of nitrogens with zero attached hydrogens (tertiary/aromatic N) is 2. The predicted octanol–water partition coefficient (Wildman–Crippen LogP) is 1.87. The van der Waals surface area contributed by atoms with Gasteiger partial charge < -0.3 is 19.9 Å². The number of rotatable bonds is 3. The second-order valence-electron chi connectivity index (χ2n) is 6.08. The lowest BCUT2D eigenvalue weighted by Crippen LogP contribution is -2.52. The fourth-order valence-electron chi connectivity index (χ4n) is 3.19. The lowest BCUT2D eigenvalue weighted by Gasteiger charge is -2.32. The summed E-state index contributed by atoms with van der Waals surface area (Å²) in [6.07, 6.45) is 1.58. The third-order valence-electron chi connectivity index (χ3n) is 4.45. The smallest absolute Gasteiger partial charge is 0.318 e. The largest absolute Gasteiger partial charge is 0.378 e. The summed E-state index contributed by atoms with van der Waals surface area (Å²) in [4.78, 5) is 28.6. The van der Waals surface area contributed by atoms with E-state index >= 15 is 0 Å². The molecule has 3 amide bonds. The number of amides is 3. The molecule has 0 radical (unpaired) electrons. The van der Waals surface area contributed by atoms with Crippen molar-refractivity contribution in [1.82, 2.24) is 15.1 Å². The van der Waals surface area contributed by atoms with Crippen molar-refractivity contribution in [2.75, 3.05) is 32.8 Å². The molecule has 0 aromatic heterocycles. The Bertz CT molecular complexity index is 604. The molecular formula is C17H22ClN3O3. The van der Waals surface area contributed by atoms with Crippen LogP contribution >= 0.6 is 11.6 Å². The first-order valence-corrected chi connectivity index (χ1v) is 8.68. The summed E-state index contributed by atoms with van der Waals surface area (Å²) in [5.74, 6) is 0.0358. The summed E-state index contributed by atoms with van der Waals surface area (Å²) >= 11 is 5.95. The van der Waals surface area contributed by atoms with Crippen molar-refractivity contribution in [3.05, 3.63) is 34.9 Å². The molecule has 3 rings (SSSR count). The van der Waals surface area contributed by atoms with Crippen LogP contribution < -0.4 is 5.32 Å². The van der Waals surface area contributed by atoms with Crippen LogP contribution in [0.1, 0.15) is 18.4 Å². The number of ether oxygens (including phenoxy) is 1. The normalized spacial score (nSPS) is 21.0. The highest BCUT2D eigenvalue weighted by molar-refractivity contribution is 6.30. The zero-order chi connectivity index (χ0) is 16.9. The Balaban J connectivity index is 1.57. The van der Waals surface area contributed by atoms with Gasteiger partial charge in [-0.15, -0.1) is 0 Å². The second-order valence-corrected chi connectivity index (χ2v) is 6.51. The number of benzene rings is 1. The Labute approximate surface area is 146 Å². The van der Waals surface area contributed by atoms with Crippen molar-refractivity contribution in [3.8, 4) is 0 Å². The number of nitrogens with one attached hydrogen (secondary N) is 1. The number of halogens is 1. The van der Waals surface area contributed by atoms with Gasteiger partial charge in [-0.05, 0) is 30.5 Å². The van der Waals surface area contributed by atoms with Gasteiger partial charge in [-0.3, -0.25) is 4.79 Å². The van der Waals surface area contributed by atoms with Crippen LogP contribution in [0.5, 0.6) is 0 Å². The van der Waals surface area contributed by atoms with Crippen LogP contribution in [0, 0.1) is 0 Å². The van der Waals surface area contributed by atoms with Crippen molar-refractivity contribution in [3.63, 3.8) is 0 Å². The minimum atomic E-state index is -0.359. The quantitative estimate of drug-likeness (QED) is 0.904. The number of hydrogen-bond acceptors (Lipinski definition) is 3. The lowest BCUT2D eigenvalue weighted by molar-refractivity contribution is -0.139. The van der Waals surface area contributed by atoms with E-state index in [-0.39, 0.29) is 18.0 Å². The highest BCUT2D eigenvalue weighted by atomic mass is 35.5. The van der Waals surface area contributed by atoms with Gasteiger partial charge in [0.1, 0.15) is 6.04 Å². The SMILES string of the molecule is O=C([C@@H]1CCCN1C(=O)NCc1cccc(Cl)c1)N1CCOCC1. The number of hydrogen-bond donors (Lipinski definition) is 1. The van der Waals surface area contributed by atoms with Crippen LogP contribution in [-0.4, -0.2) is 60.6 Å². The van der Waals surface area contributed by atoms with Crippen LogP contribution in [0.15, 0.2) is 24.3 Å². The van der Waals surface area contributed by atoms with Crippen molar-refractivity contribution >= 4 is 23.5 Å². The zero-order valence-electron chi connectivity index (χ0n) is 13.5. The number of carbonyl (C=O) groups is 2. The summed E-state index contributed by atoms with van der Waals surface area (Å²) < 4.78 is 5.29. The van der Waals surface area contributed by atoms with Crippen LogP contribution in [0.2, 0.25) is 5.02 Å². The number of likely N-dealkylation sites (tertiary alicyclic amines) is 1. The second kappa shape index (κ2) is 7.85. The first-order valence-electron chi connectivity index (χ1n) is 8.30. The molecule has 7 heteroatoms. The van der Waals surface area contributed by atoms with E-state index in [1.807, 2.05) is 18.2 Å². The van der Waals surface area contributed by atoms with Crippen molar-refractivity contribution in [2.24, 2.45) is 0 Å². The fourth-order valence-corrected chi connectivity index (χ4v) is 3.40. The fraction of sp³-hybridized carbons (Fsp3) is 0.529. The van der Waals surface area contributed by atoms with Gasteiger partial charge in [-0.25, -0.2) is 4.79 Å². The molecule has 0 unspecified atom stereocenters. The third kappa shape index (κ3) is 3.99. The molecule has 1 N–H and O–H groups in total. The first-order chi connectivity index (χ1) is 11.6. The molecule has 1 aromatic rings. The van der Waals surface area contributed by atoms with E-state index in [9.17, 15) is 9.59 Å². The van der Waals surface area contributed by atoms with Crippen molar-refractivity contribution < 1.29 is 14.3 Å². The number of carbonyl (C=O) groups excluding carboxylic acids is 2. The van der Waals surface area contributed by atoms with E-state index < -0.39 is 0 Å². The molecule has 2 aliphatic rings. The molecule has 1 atom stereocenters. The highest BCUT2D eigenvalue weighted by Gasteiger charge is 2.36. The van der Waals surface area contributed by atoms with Gasteiger partial charge in [0.25, 0.3) is 0 Å². The molecule has 2 aliphatic heterocycles. The van der Waals surface area contributed by atoms with E-state index in [4.69, 9.17) is 16.3 Å². The summed E-state index contributed by atoms with van der Waals surface area (Å²) in [5, 5.41) is 3.53. The summed E-state index contributed by atoms with van der Waals surface area (Å²) in [6, 6.07) is 6.82. The number of morpholine rings is 1. The van der Waals surface area contributed by atoms with Crippen LogP contribution in [0.3, 0.4) is 0 Å². The molecule has 0 aliphatic carbocycles. The van der Waals surface area contributed by atoms with E-state index in [1.165, 1.54) is 0 Å². The van der Waals surface area contributed by atoms with Crippen molar-refractivity contribution in [2.45, 2.75) is 25.4 Å². The minimum absolute atomic E-state index is 0.0358. The molecule has 0 spiro atoms. The van der Waals surface area contributed by atoms with Crippen LogP contribution in [0.25, 0.3) is 0 Å². The molecule has 6 nitrogen and oxygen atoms in total. The standard InChI is InChI=1S/C17H22ClN3O3/c18-14-4-1-3-13(11-14)12-19-17(23)21-6-2-5-15(21)16(22)20-7-9-24-10-8-20/h1,3-4,11,15H,2,5-10,12H2,(H,19,23)/t15-/m0/s1. The van der Waals surface area contributed by atoms with E-state index in [0.29, 0.717) is 44.4 Å². The maximum absolute atomic E-state index is 12.7. The minimum Gasteiger partial charge on any atom is -0.378 e. The van der Waals surface area contributed by atoms with Crippen LogP contribution in [0.4, 0.5) is 4.79 Å². The molecule has 0 saturated carbocycles. The number of urea groups is 1. The Hall–Kier alpha value is -1.79. The van der Waals surface area contributed by atoms with Crippen molar-refractivity contribution in [1.29, 1.82) is 0 Å². The van der Waals surface area contributed by atoms with Gasteiger partial charge in [-0.2, -0.15) is 0 Å². The van der Waals surface area contributed by atoms with Gasteiger partial charge in [-0.1, -0.05) is 23.7 Å². The van der Waals surface area contributed by atoms with Gasteiger partial charge in [0.05, 0.1) is 13.2 Å². The van der Waals surface area contributed by atoms with Gasteiger partial charge in [0, 0.05) is 31.2 Å². The summed E-state index contributed by atoms with van der Waals surface area (Å²) in [6.45, 7) is 3.36. The monoisotopic (exact) mass is 351 g/mol.